The molecule has 0 bridgehead atoms. The number of nitrogens with zero attached hydrogens (tertiary/aromatic N) is 1. The molecule has 2 heterocycles. The van der Waals surface area contributed by atoms with E-state index in [9.17, 15) is 4.79 Å². The van der Waals surface area contributed by atoms with Crippen LogP contribution in [0.1, 0.15) is 15.9 Å². The number of aromatic amines is 1. The van der Waals surface area contributed by atoms with Crippen LogP contribution >= 0.6 is 0 Å². The monoisotopic (exact) mass is 251 g/mol. The first-order valence-corrected chi connectivity index (χ1v) is 6.06. The number of aromatic nitrogens is 2. The molecule has 0 saturated heterocycles. The maximum absolute atomic E-state index is 10.9. The van der Waals surface area contributed by atoms with Gasteiger partial charge in [0.1, 0.15) is 0 Å². The van der Waals surface area contributed by atoms with E-state index in [0.717, 1.165) is 23.1 Å². The second-order valence-corrected chi connectivity index (χ2v) is 4.29. The Balaban J connectivity index is 1.86. The van der Waals surface area contributed by atoms with Gasteiger partial charge in [-0.15, -0.1) is 0 Å². The van der Waals surface area contributed by atoms with Crippen LogP contribution in [0, 0.1) is 0 Å². The molecule has 3 rings (SSSR count). The number of hydrogen-bond donors (Lipinski definition) is 2. The Morgan fingerprint density at radius 3 is 3.11 bits per heavy atom. The van der Waals surface area contributed by atoms with Gasteiger partial charge in [0.15, 0.2) is 6.29 Å². The summed E-state index contributed by atoms with van der Waals surface area (Å²) in [6, 6.07) is 9.89. The summed E-state index contributed by atoms with van der Waals surface area (Å²) in [6.07, 6.45) is 6.04. The van der Waals surface area contributed by atoms with E-state index in [2.05, 4.69) is 27.4 Å². The van der Waals surface area contributed by atoms with Crippen molar-refractivity contribution < 1.29 is 4.79 Å². The third-order valence-electron chi connectivity index (χ3n) is 3.12. The van der Waals surface area contributed by atoms with Crippen molar-refractivity contribution in [3.05, 3.63) is 60.0 Å². The maximum Gasteiger partial charge on any atom is 0.152 e. The van der Waals surface area contributed by atoms with E-state index in [1.165, 1.54) is 5.39 Å². The fraction of sp³-hybridized carbons (Fsp3) is 0.0667. The lowest BCUT2D eigenvalue weighted by Gasteiger charge is -2.09. The summed E-state index contributed by atoms with van der Waals surface area (Å²) < 4.78 is 0. The smallest absolute Gasteiger partial charge is 0.152 e. The summed E-state index contributed by atoms with van der Waals surface area (Å²) in [5, 5.41) is 4.43. The van der Waals surface area contributed by atoms with Gasteiger partial charge in [0, 0.05) is 24.5 Å². The lowest BCUT2D eigenvalue weighted by molar-refractivity contribution is 0.112. The molecule has 2 aromatic heterocycles. The molecule has 0 atom stereocenters. The van der Waals surface area contributed by atoms with E-state index >= 15 is 0 Å². The summed E-state index contributed by atoms with van der Waals surface area (Å²) in [4.78, 5) is 18.2. The number of hydrogen-bond acceptors (Lipinski definition) is 3. The Kier molecular flexibility index (Phi) is 2.98. The molecule has 94 valence electrons. The summed E-state index contributed by atoms with van der Waals surface area (Å²) in [5.41, 5.74) is 3.64. The molecule has 2 N–H and O–H groups in total. The van der Waals surface area contributed by atoms with Gasteiger partial charge in [-0.1, -0.05) is 18.2 Å². The number of carbonyl (C=O) groups is 1. The van der Waals surface area contributed by atoms with Crippen LogP contribution in [0.15, 0.2) is 48.9 Å². The highest BCUT2D eigenvalue weighted by Crippen LogP contribution is 2.19. The number of anilines is 1. The maximum atomic E-state index is 10.9. The van der Waals surface area contributed by atoms with Crippen molar-refractivity contribution in [2.45, 2.75) is 6.54 Å². The molecule has 3 aromatic rings. The average molecular weight is 251 g/mol. The van der Waals surface area contributed by atoms with Crippen LogP contribution in [-0.2, 0) is 6.54 Å². The van der Waals surface area contributed by atoms with E-state index in [4.69, 9.17) is 0 Å². The van der Waals surface area contributed by atoms with Crippen molar-refractivity contribution in [3.63, 3.8) is 0 Å². The van der Waals surface area contributed by atoms with E-state index in [1.54, 1.807) is 18.5 Å². The van der Waals surface area contributed by atoms with Gasteiger partial charge >= 0.3 is 0 Å². The lowest BCUT2D eigenvalue weighted by Crippen LogP contribution is -2.03. The standard InChI is InChI=1S/C15H13N3O/c19-10-13-4-6-16-9-14(13)18-8-12-3-1-2-11-5-7-17-15(11)12/h1-7,9-10,17-18H,8H2. The molecule has 1 aromatic carbocycles. The predicted octanol–water partition coefficient (Wildman–Crippen LogP) is 2.99. The van der Waals surface area contributed by atoms with Crippen molar-refractivity contribution in [3.8, 4) is 0 Å². The number of aldehydes is 1. The van der Waals surface area contributed by atoms with Crippen LogP contribution in [-0.4, -0.2) is 16.3 Å². The summed E-state index contributed by atoms with van der Waals surface area (Å²) in [7, 11) is 0. The predicted molar refractivity (Wildman–Crippen MR) is 75.2 cm³/mol. The molecular formula is C15H13N3O. The van der Waals surface area contributed by atoms with Crippen LogP contribution in [0.3, 0.4) is 0 Å². The van der Waals surface area contributed by atoms with Gasteiger partial charge in [0.05, 0.1) is 17.4 Å². The molecule has 0 aliphatic rings. The molecule has 4 heteroatoms. The van der Waals surface area contributed by atoms with Gasteiger partial charge in [-0.3, -0.25) is 9.78 Å². The van der Waals surface area contributed by atoms with Crippen molar-refractivity contribution >= 4 is 22.9 Å². The zero-order valence-corrected chi connectivity index (χ0v) is 10.3. The minimum absolute atomic E-state index is 0.619. The van der Waals surface area contributed by atoms with Crippen molar-refractivity contribution in [2.24, 2.45) is 0 Å². The molecular weight excluding hydrogens is 238 g/mol. The minimum Gasteiger partial charge on any atom is -0.379 e. The van der Waals surface area contributed by atoms with Crippen molar-refractivity contribution in [1.82, 2.24) is 9.97 Å². The Hall–Kier alpha value is -2.62. The Morgan fingerprint density at radius 2 is 2.21 bits per heavy atom. The zero-order chi connectivity index (χ0) is 13.1. The Morgan fingerprint density at radius 1 is 1.26 bits per heavy atom. The van der Waals surface area contributed by atoms with Gasteiger partial charge in [-0.05, 0) is 23.1 Å². The number of para-hydroxylation sites is 1. The summed E-state index contributed by atoms with van der Waals surface area (Å²) in [5.74, 6) is 0. The molecule has 0 aliphatic carbocycles. The second kappa shape index (κ2) is 4.94. The number of fused-ring (bicyclic) bond motifs is 1. The van der Waals surface area contributed by atoms with Gasteiger partial charge in [-0.2, -0.15) is 0 Å². The average Bonchev–Trinajstić information content (AvgIpc) is 2.94. The van der Waals surface area contributed by atoms with Crippen LogP contribution < -0.4 is 5.32 Å². The molecule has 0 fully saturated rings. The molecule has 0 radical (unpaired) electrons. The van der Waals surface area contributed by atoms with Gasteiger partial charge < -0.3 is 10.3 Å². The van der Waals surface area contributed by atoms with Crippen LogP contribution in [0.4, 0.5) is 5.69 Å². The molecule has 4 nitrogen and oxygen atoms in total. The molecule has 0 aliphatic heterocycles. The first kappa shape index (κ1) is 11.5. The first-order valence-electron chi connectivity index (χ1n) is 6.06. The lowest BCUT2D eigenvalue weighted by atomic mass is 10.1. The third kappa shape index (κ3) is 2.20. The van der Waals surface area contributed by atoms with E-state index in [1.807, 2.05) is 18.3 Å². The van der Waals surface area contributed by atoms with Crippen LogP contribution in [0.5, 0.6) is 0 Å². The van der Waals surface area contributed by atoms with E-state index in [-0.39, 0.29) is 0 Å². The molecule has 19 heavy (non-hydrogen) atoms. The normalized spacial score (nSPS) is 10.5. The fourth-order valence-electron chi connectivity index (χ4n) is 2.14. The van der Waals surface area contributed by atoms with E-state index < -0.39 is 0 Å². The quantitative estimate of drug-likeness (QED) is 0.701. The number of H-pyrrole nitrogens is 1. The molecule has 0 saturated carbocycles. The third-order valence-corrected chi connectivity index (χ3v) is 3.12. The topological polar surface area (TPSA) is 57.8 Å². The Bertz CT molecular complexity index is 718. The molecule has 0 amide bonds. The highest BCUT2D eigenvalue weighted by Gasteiger charge is 2.04. The Labute approximate surface area is 110 Å². The van der Waals surface area contributed by atoms with Crippen LogP contribution in [0.2, 0.25) is 0 Å². The van der Waals surface area contributed by atoms with Gasteiger partial charge in [0.2, 0.25) is 0 Å². The number of carbonyl (C=O) groups excluding carboxylic acids is 1. The number of nitrogens with one attached hydrogen (secondary N) is 2. The molecule has 0 spiro atoms. The highest BCUT2D eigenvalue weighted by atomic mass is 16.1. The largest absolute Gasteiger partial charge is 0.379 e. The van der Waals surface area contributed by atoms with Crippen molar-refractivity contribution in [1.29, 1.82) is 0 Å². The first-order chi connectivity index (χ1) is 9.38. The molecule has 0 unspecified atom stereocenters. The SMILES string of the molecule is O=Cc1ccncc1NCc1cccc2cc[nH]c12. The number of pyridine rings is 1. The zero-order valence-electron chi connectivity index (χ0n) is 10.3. The highest BCUT2D eigenvalue weighted by molar-refractivity contribution is 5.85. The fourth-order valence-corrected chi connectivity index (χ4v) is 2.14. The number of benzene rings is 1. The van der Waals surface area contributed by atoms with Gasteiger partial charge in [-0.25, -0.2) is 0 Å². The van der Waals surface area contributed by atoms with Gasteiger partial charge in [0.25, 0.3) is 0 Å². The minimum atomic E-state index is 0.619. The van der Waals surface area contributed by atoms with Crippen LogP contribution in [0.25, 0.3) is 10.9 Å². The van der Waals surface area contributed by atoms with Crippen molar-refractivity contribution in [2.75, 3.05) is 5.32 Å². The second-order valence-electron chi connectivity index (χ2n) is 4.29. The summed E-state index contributed by atoms with van der Waals surface area (Å²) in [6.45, 7) is 0.643. The van der Waals surface area contributed by atoms with E-state index in [0.29, 0.717) is 12.1 Å². The summed E-state index contributed by atoms with van der Waals surface area (Å²) >= 11 is 0. The number of rotatable bonds is 4.